The Kier molecular flexibility index (Phi) is 26.2. The Morgan fingerprint density at radius 1 is 0.523 bits per heavy atom. The van der Waals surface area contributed by atoms with Gasteiger partial charge in [0.2, 0.25) is 0 Å². The molecule has 0 fully saturated rings. The van der Waals surface area contributed by atoms with Gasteiger partial charge in [-0.25, -0.2) is 28.1 Å². The fourth-order valence-electron chi connectivity index (χ4n) is 10.6. The molecule has 0 aromatic carbocycles. The topological polar surface area (TPSA) is 145 Å². The lowest BCUT2D eigenvalue weighted by atomic mass is 9.63. The Morgan fingerprint density at radius 2 is 0.877 bits per heavy atom. The average Bonchev–Trinajstić information content (AvgIpc) is 3.15. The molecule has 65 heavy (non-hydrogen) atoms. The smallest absolute Gasteiger partial charge is 0.336 e. The minimum absolute atomic E-state index is 0.0130. The van der Waals surface area contributed by atoms with Gasteiger partial charge in [0.1, 0.15) is 0 Å². The molecule has 1 rings (SSSR count). The molecule has 12 heteroatoms. The minimum atomic E-state index is -0.842. The second-order valence-electron chi connectivity index (χ2n) is 24.4. The molecule has 1 heterocycles. The maximum absolute atomic E-state index is 13.5. The zero-order valence-corrected chi connectivity index (χ0v) is 45.3. The molecule has 0 aliphatic heterocycles. The first-order valence-corrected chi connectivity index (χ1v) is 25.1. The Balaban J connectivity index is 0.00000216. The first-order valence-electron chi connectivity index (χ1n) is 25.1. The van der Waals surface area contributed by atoms with Crippen LogP contribution in [0, 0.1) is 50.2 Å². The van der Waals surface area contributed by atoms with Crippen LogP contribution in [0.3, 0.4) is 0 Å². The highest BCUT2D eigenvalue weighted by Crippen LogP contribution is 2.47. The number of hydrogen-bond acceptors (Lipinski definition) is 9. The van der Waals surface area contributed by atoms with Crippen LogP contribution in [-0.4, -0.2) is 51.9 Å². The molecule has 0 radical (unpaired) electrons. The van der Waals surface area contributed by atoms with E-state index < -0.39 is 29.0 Å². The summed E-state index contributed by atoms with van der Waals surface area (Å²) < 4.78 is 19.3. The van der Waals surface area contributed by atoms with Crippen LogP contribution in [0.15, 0.2) is 14.4 Å². The molecule has 0 bridgehead atoms. The van der Waals surface area contributed by atoms with Crippen molar-refractivity contribution in [2.45, 2.75) is 235 Å². The summed E-state index contributed by atoms with van der Waals surface area (Å²) in [6, 6.07) is 0. The van der Waals surface area contributed by atoms with Crippen LogP contribution in [0.2, 0.25) is 0 Å². The standard InChI is InChI=1S/C39H71N3O7.C14H28O2/c1-14-20-40-33(45)41(21-17-31(43)48-23-19-38(15-2,26-36(8,9)10)27-37(11,12)13)35(47)42(34(40)46)22-18-32(44)49-28-39(16-3,24-29(4)5)25-30(6)7;1-7-14(8-12(2)3,10-16-11-15)9-13(4,5)6/h29-30H,14-28H2,1-13H3;11-12H,7-10H2,1-6H3. The highest BCUT2D eigenvalue weighted by atomic mass is 16.5. The maximum atomic E-state index is 13.5. The maximum Gasteiger partial charge on any atom is 0.336 e. The van der Waals surface area contributed by atoms with Gasteiger partial charge >= 0.3 is 29.0 Å². The number of aromatic nitrogens is 3. The molecule has 0 saturated carbocycles. The van der Waals surface area contributed by atoms with Crippen molar-refractivity contribution < 1.29 is 28.6 Å². The van der Waals surface area contributed by atoms with Crippen molar-refractivity contribution in [1.29, 1.82) is 0 Å². The molecular formula is C53H99N3O9. The van der Waals surface area contributed by atoms with Crippen molar-refractivity contribution in [2.24, 2.45) is 50.2 Å². The predicted octanol–water partition coefficient (Wildman–Crippen LogP) is 11.6. The number of carbonyl (C=O) groups excluding carboxylic acids is 3. The predicted molar refractivity (Wildman–Crippen MR) is 266 cm³/mol. The molecule has 1 aromatic heterocycles. The third-order valence-corrected chi connectivity index (χ3v) is 12.3. The van der Waals surface area contributed by atoms with Gasteiger partial charge in [-0.05, 0) is 104 Å². The quantitative estimate of drug-likeness (QED) is 0.0455. The summed E-state index contributed by atoms with van der Waals surface area (Å²) in [5.74, 6) is 0.517. The van der Waals surface area contributed by atoms with Crippen molar-refractivity contribution in [1.82, 2.24) is 13.7 Å². The molecule has 380 valence electrons. The van der Waals surface area contributed by atoms with E-state index in [2.05, 4.69) is 125 Å². The zero-order chi connectivity index (χ0) is 50.6. The summed E-state index contributed by atoms with van der Waals surface area (Å²) >= 11 is 0. The SMILES string of the molecule is CCC(COC=O)(CC(C)C)CC(C)(C)C.CCCn1c(=O)n(CCC(=O)OCCC(CC)(CC(C)(C)C)CC(C)(C)C)c(=O)n(CCC(=O)OCC(CC)(CC(C)C)CC(C)C)c1=O. The van der Waals surface area contributed by atoms with E-state index in [0.29, 0.717) is 37.3 Å². The van der Waals surface area contributed by atoms with Crippen molar-refractivity contribution in [3.05, 3.63) is 31.5 Å². The highest BCUT2D eigenvalue weighted by Gasteiger charge is 2.37. The summed E-state index contributed by atoms with van der Waals surface area (Å²) in [6.45, 7) is 42.9. The third kappa shape index (κ3) is 23.9. The number of rotatable bonds is 28. The van der Waals surface area contributed by atoms with Gasteiger partial charge in [-0.1, -0.05) is 138 Å². The highest BCUT2D eigenvalue weighted by molar-refractivity contribution is 5.69. The molecule has 1 aromatic rings. The summed E-state index contributed by atoms with van der Waals surface area (Å²) in [7, 11) is 0. The van der Waals surface area contributed by atoms with Crippen LogP contribution in [0.1, 0.15) is 215 Å². The van der Waals surface area contributed by atoms with Crippen molar-refractivity contribution in [3.8, 4) is 0 Å². The van der Waals surface area contributed by atoms with Crippen LogP contribution < -0.4 is 17.1 Å². The first-order chi connectivity index (χ1) is 29.8. The normalized spacial score (nSPS) is 13.7. The molecule has 0 spiro atoms. The lowest BCUT2D eigenvalue weighted by Gasteiger charge is -2.42. The molecule has 1 unspecified atom stereocenters. The van der Waals surface area contributed by atoms with E-state index in [0.717, 1.165) is 77.9 Å². The Hall–Kier alpha value is -3.18. The molecule has 0 saturated heterocycles. The summed E-state index contributed by atoms with van der Waals surface area (Å²) in [4.78, 5) is 76.2. The third-order valence-electron chi connectivity index (χ3n) is 12.3. The van der Waals surface area contributed by atoms with Crippen molar-refractivity contribution in [2.75, 3.05) is 19.8 Å². The second-order valence-corrected chi connectivity index (χ2v) is 24.4. The van der Waals surface area contributed by atoms with E-state index in [1.165, 1.54) is 0 Å². The first kappa shape index (κ1) is 61.8. The zero-order valence-electron chi connectivity index (χ0n) is 45.3. The Labute approximate surface area is 395 Å². The number of ether oxygens (including phenoxy) is 3. The summed E-state index contributed by atoms with van der Waals surface area (Å²) in [6.07, 6.45) is 9.82. The van der Waals surface area contributed by atoms with Gasteiger partial charge in [0.15, 0.2) is 0 Å². The molecule has 1 atom stereocenters. The van der Waals surface area contributed by atoms with Gasteiger partial charge in [-0.2, -0.15) is 0 Å². The molecular weight excluding hydrogens is 823 g/mol. The van der Waals surface area contributed by atoms with Crippen LogP contribution in [0.4, 0.5) is 0 Å². The lowest BCUT2D eigenvalue weighted by Crippen LogP contribution is -2.54. The number of hydrogen-bond donors (Lipinski definition) is 0. The van der Waals surface area contributed by atoms with Gasteiger partial charge < -0.3 is 14.2 Å². The van der Waals surface area contributed by atoms with Gasteiger partial charge in [0.25, 0.3) is 6.47 Å². The van der Waals surface area contributed by atoms with Crippen molar-refractivity contribution in [3.63, 3.8) is 0 Å². The Morgan fingerprint density at radius 3 is 1.22 bits per heavy atom. The Bertz CT molecular complexity index is 1720. The van der Waals surface area contributed by atoms with Gasteiger partial charge in [-0.15, -0.1) is 0 Å². The fourth-order valence-corrected chi connectivity index (χ4v) is 10.6. The second kappa shape index (κ2) is 27.6. The number of carbonyl (C=O) groups is 3. The molecule has 0 N–H and O–H groups in total. The minimum Gasteiger partial charge on any atom is -0.467 e. The van der Waals surface area contributed by atoms with Crippen LogP contribution in [-0.2, 0) is 48.2 Å². The molecule has 0 aliphatic carbocycles. The van der Waals surface area contributed by atoms with Crippen LogP contribution in [0.5, 0.6) is 0 Å². The molecule has 0 aliphatic rings. The monoisotopic (exact) mass is 922 g/mol. The number of esters is 2. The molecule has 12 nitrogen and oxygen atoms in total. The van der Waals surface area contributed by atoms with Crippen molar-refractivity contribution >= 4 is 18.4 Å². The van der Waals surface area contributed by atoms with Gasteiger partial charge in [0.05, 0.1) is 32.7 Å². The van der Waals surface area contributed by atoms with E-state index in [-0.39, 0.29) is 78.2 Å². The van der Waals surface area contributed by atoms with Crippen LogP contribution in [0.25, 0.3) is 0 Å². The van der Waals surface area contributed by atoms with E-state index in [1.807, 2.05) is 6.92 Å². The van der Waals surface area contributed by atoms with E-state index in [9.17, 15) is 28.8 Å². The van der Waals surface area contributed by atoms with E-state index in [1.54, 1.807) is 0 Å². The van der Waals surface area contributed by atoms with E-state index >= 15 is 0 Å². The summed E-state index contributed by atoms with van der Waals surface area (Å²) in [5.41, 5.74) is -1.84. The fraction of sp³-hybridized carbons (Fsp3) is 0.887. The lowest BCUT2D eigenvalue weighted by molar-refractivity contribution is -0.149. The average molecular weight is 922 g/mol. The van der Waals surface area contributed by atoms with E-state index in [4.69, 9.17) is 14.2 Å². The van der Waals surface area contributed by atoms with Gasteiger partial charge in [0, 0.05) is 30.5 Å². The largest absolute Gasteiger partial charge is 0.467 e. The summed E-state index contributed by atoms with van der Waals surface area (Å²) in [5, 5.41) is 0. The van der Waals surface area contributed by atoms with Gasteiger partial charge in [-0.3, -0.25) is 14.4 Å². The van der Waals surface area contributed by atoms with Crippen LogP contribution >= 0.6 is 0 Å². The molecule has 0 amide bonds. The number of nitrogens with zero attached hydrogens (tertiary/aromatic N) is 3.